The minimum atomic E-state index is -0.237. The van der Waals surface area contributed by atoms with Gasteiger partial charge in [-0.05, 0) is 42.5 Å². The van der Waals surface area contributed by atoms with E-state index in [9.17, 15) is 9.50 Å². The first-order valence-electron chi connectivity index (χ1n) is 6.60. The highest BCUT2D eigenvalue weighted by Crippen LogP contribution is 2.40. The van der Waals surface area contributed by atoms with Crippen LogP contribution in [0.2, 0.25) is 0 Å². The molecular formula is C14H19FN2O. The number of benzene rings is 1. The van der Waals surface area contributed by atoms with E-state index in [0.717, 1.165) is 37.2 Å². The Kier molecular flexibility index (Phi) is 2.99. The highest BCUT2D eigenvalue weighted by Gasteiger charge is 2.42. The first kappa shape index (κ1) is 11.9. The molecule has 1 saturated heterocycles. The molecule has 1 aromatic rings. The summed E-state index contributed by atoms with van der Waals surface area (Å²) in [5, 5.41) is 9.92. The molecule has 2 aliphatic rings. The van der Waals surface area contributed by atoms with Crippen LogP contribution in [-0.2, 0) is 6.54 Å². The molecule has 2 fully saturated rings. The Hall–Kier alpha value is -1.13. The fourth-order valence-corrected chi connectivity index (χ4v) is 3.46. The lowest BCUT2D eigenvalue weighted by Gasteiger charge is -2.23. The zero-order valence-electron chi connectivity index (χ0n) is 10.3. The molecule has 18 heavy (non-hydrogen) atoms. The van der Waals surface area contributed by atoms with E-state index in [1.165, 1.54) is 12.1 Å². The van der Waals surface area contributed by atoms with E-state index in [1.807, 2.05) is 6.07 Å². The van der Waals surface area contributed by atoms with Gasteiger partial charge in [0.15, 0.2) is 0 Å². The zero-order valence-corrected chi connectivity index (χ0v) is 10.3. The molecule has 0 amide bonds. The van der Waals surface area contributed by atoms with Crippen molar-refractivity contribution in [2.24, 2.45) is 17.6 Å². The Balaban J connectivity index is 1.84. The van der Waals surface area contributed by atoms with Crippen molar-refractivity contribution in [3.05, 3.63) is 29.6 Å². The second-order valence-electron chi connectivity index (χ2n) is 5.45. The molecule has 0 radical (unpaired) electrons. The maximum atomic E-state index is 13.2. The monoisotopic (exact) mass is 250 g/mol. The van der Waals surface area contributed by atoms with Crippen molar-refractivity contribution in [1.29, 1.82) is 0 Å². The summed E-state index contributed by atoms with van der Waals surface area (Å²) < 4.78 is 13.2. The van der Waals surface area contributed by atoms with E-state index >= 15 is 0 Å². The molecule has 1 aliphatic heterocycles. The quantitative estimate of drug-likeness (QED) is 0.836. The van der Waals surface area contributed by atoms with Crippen molar-refractivity contribution >= 4 is 5.69 Å². The molecule has 3 rings (SSSR count). The number of fused-ring (bicyclic) bond motifs is 1. The molecular weight excluding hydrogens is 231 g/mol. The number of aliphatic hydroxyl groups excluding tert-OH is 1. The van der Waals surface area contributed by atoms with Crippen molar-refractivity contribution in [3.63, 3.8) is 0 Å². The fourth-order valence-electron chi connectivity index (χ4n) is 3.46. The minimum Gasteiger partial charge on any atom is -0.393 e. The summed E-state index contributed by atoms with van der Waals surface area (Å²) >= 11 is 0. The Bertz CT molecular complexity index is 451. The van der Waals surface area contributed by atoms with Gasteiger partial charge in [-0.3, -0.25) is 0 Å². The Morgan fingerprint density at radius 2 is 2.17 bits per heavy atom. The third kappa shape index (κ3) is 1.89. The molecule has 98 valence electrons. The van der Waals surface area contributed by atoms with E-state index in [-0.39, 0.29) is 11.9 Å². The number of hydrogen-bond acceptors (Lipinski definition) is 3. The highest BCUT2D eigenvalue weighted by molar-refractivity contribution is 5.55. The highest BCUT2D eigenvalue weighted by atomic mass is 19.1. The van der Waals surface area contributed by atoms with Crippen molar-refractivity contribution in [3.8, 4) is 0 Å². The van der Waals surface area contributed by atoms with E-state index in [1.54, 1.807) is 0 Å². The van der Waals surface area contributed by atoms with E-state index in [2.05, 4.69) is 4.90 Å². The number of rotatable bonds is 2. The van der Waals surface area contributed by atoms with Gasteiger partial charge in [-0.25, -0.2) is 4.39 Å². The van der Waals surface area contributed by atoms with Crippen LogP contribution < -0.4 is 10.6 Å². The van der Waals surface area contributed by atoms with Gasteiger partial charge in [0.25, 0.3) is 0 Å². The molecule has 1 heterocycles. The molecule has 1 saturated carbocycles. The first-order valence-corrected chi connectivity index (χ1v) is 6.60. The van der Waals surface area contributed by atoms with Crippen LogP contribution in [0, 0.1) is 17.7 Å². The summed E-state index contributed by atoms with van der Waals surface area (Å²) in [6, 6.07) is 4.81. The summed E-state index contributed by atoms with van der Waals surface area (Å²) in [5.74, 6) is 0.718. The first-order chi connectivity index (χ1) is 8.69. The number of anilines is 1. The zero-order chi connectivity index (χ0) is 12.7. The predicted molar refractivity (Wildman–Crippen MR) is 68.7 cm³/mol. The average Bonchev–Trinajstić information content (AvgIpc) is 2.92. The third-order valence-corrected chi connectivity index (χ3v) is 4.42. The van der Waals surface area contributed by atoms with E-state index in [4.69, 9.17) is 5.73 Å². The smallest absolute Gasteiger partial charge is 0.123 e. The SMILES string of the molecule is NCc1cc(F)ccc1N1CC2CCC(O)C2C1. The van der Waals surface area contributed by atoms with Gasteiger partial charge >= 0.3 is 0 Å². The lowest BCUT2D eigenvalue weighted by Crippen LogP contribution is -2.25. The van der Waals surface area contributed by atoms with Gasteiger partial charge in [0.2, 0.25) is 0 Å². The maximum absolute atomic E-state index is 13.2. The number of hydrogen-bond donors (Lipinski definition) is 2. The van der Waals surface area contributed by atoms with Gasteiger partial charge in [-0.2, -0.15) is 0 Å². The van der Waals surface area contributed by atoms with E-state index in [0.29, 0.717) is 18.4 Å². The third-order valence-electron chi connectivity index (χ3n) is 4.42. The van der Waals surface area contributed by atoms with E-state index < -0.39 is 0 Å². The normalized spacial score (nSPS) is 30.8. The van der Waals surface area contributed by atoms with Crippen LogP contribution in [0.25, 0.3) is 0 Å². The summed E-state index contributed by atoms with van der Waals surface area (Å²) in [6.07, 6.45) is 1.86. The predicted octanol–water partition coefficient (Wildman–Crippen LogP) is 1.49. The molecule has 3 atom stereocenters. The van der Waals surface area contributed by atoms with Gasteiger partial charge in [0.05, 0.1) is 6.10 Å². The lowest BCUT2D eigenvalue weighted by atomic mass is 10.00. The molecule has 3 N–H and O–H groups in total. The van der Waals surface area contributed by atoms with Gasteiger partial charge in [0.1, 0.15) is 5.82 Å². The van der Waals surface area contributed by atoms with Gasteiger partial charge < -0.3 is 15.7 Å². The molecule has 1 aliphatic carbocycles. The van der Waals surface area contributed by atoms with Crippen LogP contribution in [0.15, 0.2) is 18.2 Å². The van der Waals surface area contributed by atoms with Crippen molar-refractivity contribution in [2.75, 3.05) is 18.0 Å². The number of nitrogens with zero attached hydrogens (tertiary/aromatic N) is 1. The summed E-state index contributed by atoms with van der Waals surface area (Å²) in [5.41, 5.74) is 7.57. The van der Waals surface area contributed by atoms with Gasteiger partial charge in [-0.1, -0.05) is 0 Å². The van der Waals surface area contributed by atoms with Crippen LogP contribution in [-0.4, -0.2) is 24.3 Å². The van der Waals surface area contributed by atoms with Crippen LogP contribution in [0.3, 0.4) is 0 Å². The molecule has 4 heteroatoms. The fraction of sp³-hybridized carbons (Fsp3) is 0.571. The van der Waals surface area contributed by atoms with Crippen molar-refractivity contribution in [1.82, 2.24) is 0 Å². The second kappa shape index (κ2) is 4.52. The Morgan fingerprint density at radius 3 is 2.89 bits per heavy atom. The summed E-state index contributed by atoms with van der Waals surface area (Å²) in [6.45, 7) is 2.17. The summed E-state index contributed by atoms with van der Waals surface area (Å²) in [4.78, 5) is 2.25. The van der Waals surface area contributed by atoms with Gasteiger partial charge in [0, 0.05) is 31.2 Å². The molecule has 0 spiro atoms. The lowest BCUT2D eigenvalue weighted by molar-refractivity contribution is 0.133. The van der Waals surface area contributed by atoms with Crippen molar-refractivity contribution in [2.45, 2.75) is 25.5 Å². The van der Waals surface area contributed by atoms with Crippen LogP contribution >= 0.6 is 0 Å². The second-order valence-corrected chi connectivity index (χ2v) is 5.45. The Labute approximate surface area is 106 Å². The topological polar surface area (TPSA) is 49.5 Å². The maximum Gasteiger partial charge on any atom is 0.123 e. The molecule has 3 nitrogen and oxygen atoms in total. The molecule has 0 aromatic heterocycles. The number of nitrogens with two attached hydrogens (primary N) is 1. The number of halogens is 1. The summed E-state index contributed by atoms with van der Waals surface area (Å²) in [7, 11) is 0. The molecule has 0 bridgehead atoms. The molecule has 1 aromatic carbocycles. The van der Waals surface area contributed by atoms with Gasteiger partial charge in [-0.15, -0.1) is 0 Å². The van der Waals surface area contributed by atoms with Crippen molar-refractivity contribution < 1.29 is 9.50 Å². The van der Waals surface area contributed by atoms with Crippen LogP contribution in [0.4, 0.5) is 10.1 Å². The minimum absolute atomic E-state index is 0.165. The molecule has 3 unspecified atom stereocenters. The van der Waals surface area contributed by atoms with Crippen LogP contribution in [0.1, 0.15) is 18.4 Å². The number of aliphatic hydroxyl groups is 1. The van der Waals surface area contributed by atoms with Crippen LogP contribution in [0.5, 0.6) is 0 Å². The Morgan fingerprint density at radius 1 is 1.33 bits per heavy atom. The average molecular weight is 250 g/mol. The largest absolute Gasteiger partial charge is 0.393 e. The standard InChI is InChI=1S/C14H19FN2O/c15-11-2-3-13(10(5-11)6-16)17-7-9-1-4-14(18)12(9)8-17/h2-3,5,9,12,14,18H,1,4,6-8,16H2.